The van der Waals surface area contributed by atoms with Crippen LogP contribution in [0.15, 0.2) is 51.2 Å². The largest absolute Gasteiger partial charge is 0.431 e. The lowest BCUT2D eigenvalue weighted by molar-refractivity contribution is 0.487. The van der Waals surface area contributed by atoms with E-state index in [-0.39, 0.29) is 5.03 Å². The van der Waals surface area contributed by atoms with Crippen molar-refractivity contribution in [3.05, 3.63) is 42.3 Å². The molecule has 0 bridgehead atoms. The van der Waals surface area contributed by atoms with Gasteiger partial charge in [-0.3, -0.25) is 0 Å². The van der Waals surface area contributed by atoms with Crippen LogP contribution in [0.3, 0.4) is 0 Å². The van der Waals surface area contributed by atoms with Crippen molar-refractivity contribution in [1.29, 1.82) is 0 Å². The number of nitrogens with two attached hydrogens (primary N) is 1. The molecule has 90 valence electrons. The summed E-state index contributed by atoms with van der Waals surface area (Å²) in [7, 11) is 0. The summed E-state index contributed by atoms with van der Waals surface area (Å²) in [6, 6.07) is 8.05. The molecule has 3 rings (SSSR count). The van der Waals surface area contributed by atoms with Gasteiger partial charge in [-0.15, -0.1) is 0 Å². The molecule has 0 aliphatic heterocycles. The summed E-state index contributed by atoms with van der Waals surface area (Å²) in [4.78, 5) is 8.15. The molecule has 0 aliphatic carbocycles. The number of hydrogen-bond acceptors (Lipinski definition) is 5. The number of oxazole rings is 1. The number of benzene rings is 1. The molecule has 0 fully saturated rings. The van der Waals surface area contributed by atoms with Crippen molar-refractivity contribution in [1.82, 2.24) is 9.97 Å². The number of fused-ring (bicyclic) bond motifs is 1. The van der Waals surface area contributed by atoms with Crippen LogP contribution in [-0.2, 0) is 0 Å². The Kier molecular flexibility index (Phi) is 2.64. The first kappa shape index (κ1) is 11.0. The van der Waals surface area contributed by atoms with Gasteiger partial charge in [0.05, 0.1) is 0 Å². The average Bonchev–Trinajstić information content (AvgIpc) is 2.73. The topological polar surface area (TPSA) is 64.9 Å². The molecule has 0 radical (unpaired) electrons. The molecule has 0 spiro atoms. The minimum absolute atomic E-state index is 0.233. The molecule has 4 nitrogen and oxygen atoms in total. The Balaban J connectivity index is 1.98. The maximum Gasteiger partial charge on any atom is 0.263 e. The van der Waals surface area contributed by atoms with Gasteiger partial charge in [-0.25, -0.2) is 14.4 Å². The zero-order valence-electron chi connectivity index (χ0n) is 9.13. The molecule has 18 heavy (non-hydrogen) atoms. The number of aromatic nitrogens is 2. The van der Waals surface area contributed by atoms with Gasteiger partial charge in [0.25, 0.3) is 5.22 Å². The Morgan fingerprint density at radius 3 is 3.00 bits per heavy atom. The Bertz CT molecular complexity index is 713. The lowest BCUT2D eigenvalue weighted by Crippen LogP contribution is -1.84. The minimum atomic E-state index is -0.399. The maximum atomic E-state index is 13.4. The summed E-state index contributed by atoms with van der Waals surface area (Å²) in [5.41, 5.74) is 7.50. The van der Waals surface area contributed by atoms with Gasteiger partial charge < -0.3 is 10.2 Å². The summed E-state index contributed by atoms with van der Waals surface area (Å²) < 4.78 is 18.9. The van der Waals surface area contributed by atoms with E-state index in [1.807, 2.05) is 0 Å². The molecular weight excluding hydrogens is 253 g/mol. The molecule has 2 aromatic heterocycles. The summed E-state index contributed by atoms with van der Waals surface area (Å²) in [6.07, 6.45) is 1.52. The first-order chi connectivity index (χ1) is 8.72. The van der Waals surface area contributed by atoms with E-state index in [1.165, 1.54) is 18.3 Å². The molecule has 2 heterocycles. The SMILES string of the molecule is Nc1ccc2nc(Sc3ncccc3F)oc2c1. The molecule has 0 saturated heterocycles. The van der Waals surface area contributed by atoms with E-state index in [9.17, 15) is 4.39 Å². The van der Waals surface area contributed by atoms with E-state index in [4.69, 9.17) is 10.2 Å². The highest BCUT2D eigenvalue weighted by molar-refractivity contribution is 7.99. The van der Waals surface area contributed by atoms with Crippen molar-refractivity contribution in [3.8, 4) is 0 Å². The average molecular weight is 261 g/mol. The van der Waals surface area contributed by atoms with Gasteiger partial charge in [0.2, 0.25) is 0 Å². The fourth-order valence-corrected chi connectivity index (χ4v) is 2.21. The second kappa shape index (κ2) is 4.30. The fourth-order valence-electron chi connectivity index (χ4n) is 1.49. The number of halogens is 1. The molecule has 2 N–H and O–H groups in total. The standard InChI is InChI=1S/C12H8FN3OS/c13-8-2-1-5-15-11(8)18-12-16-9-4-3-7(14)6-10(9)17-12/h1-6H,14H2. The van der Waals surface area contributed by atoms with Gasteiger partial charge in [-0.1, -0.05) is 0 Å². The van der Waals surface area contributed by atoms with Gasteiger partial charge >= 0.3 is 0 Å². The number of rotatable bonds is 2. The molecule has 0 atom stereocenters. The lowest BCUT2D eigenvalue weighted by Gasteiger charge is -1.96. The zero-order valence-corrected chi connectivity index (χ0v) is 9.95. The van der Waals surface area contributed by atoms with Crippen LogP contribution in [0.2, 0.25) is 0 Å². The predicted molar refractivity (Wildman–Crippen MR) is 66.7 cm³/mol. The van der Waals surface area contributed by atoms with Crippen LogP contribution >= 0.6 is 11.8 Å². The molecule has 3 aromatic rings. The smallest absolute Gasteiger partial charge is 0.263 e. The van der Waals surface area contributed by atoms with E-state index >= 15 is 0 Å². The fraction of sp³-hybridized carbons (Fsp3) is 0. The summed E-state index contributed by atoms with van der Waals surface area (Å²) in [5, 5.41) is 0.574. The first-order valence-electron chi connectivity index (χ1n) is 5.17. The van der Waals surface area contributed by atoms with Crippen molar-refractivity contribution in [2.75, 3.05) is 5.73 Å². The van der Waals surface area contributed by atoms with Crippen molar-refractivity contribution in [2.24, 2.45) is 0 Å². The van der Waals surface area contributed by atoms with E-state index in [0.717, 1.165) is 11.8 Å². The Morgan fingerprint density at radius 2 is 2.17 bits per heavy atom. The van der Waals surface area contributed by atoms with Gasteiger partial charge in [0.1, 0.15) is 10.5 Å². The molecule has 0 amide bonds. The lowest BCUT2D eigenvalue weighted by atomic mass is 10.3. The van der Waals surface area contributed by atoms with Crippen LogP contribution in [0.1, 0.15) is 0 Å². The molecule has 0 aliphatic rings. The number of anilines is 1. The van der Waals surface area contributed by atoms with Crippen LogP contribution in [0, 0.1) is 5.82 Å². The van der Waals surface area contributed by atoms with E-state index in [2.05, 4.69) is 9.97 Å². The number of nitrogen functional groups attached to an aromatic ring is 1. The second-order valence-corrected chi connectivity index (χ2v) is 4.54. The van der Waals surface area contributed by atoms with Gasteiger partial charge in [-0.2, -0.15) is 0 Å². The van der Waals surface area contributed by atoms with E-state index < -0.39 is 5.82 Å². The highest BCUT2D eigenvalue weighted by Crippen LogP contribution is 2.30. The number of hydrogen-bond donors (Lipinski definition) is 1. The first-order valence-corrected chi connectivity index (χ1v) is 5.98. The molecule has 1 aromatic carbocycles. The van der Waals surface area contributed by atoms with Crippen LogP contribution in [-0.4, -0.2) is 9.97 Å². The van der Waals surface area contributed by atoms with Gasteiger partial charge in [-0.05, 0) is 36.0 Å². The molecule has 0 unspecified atom stereocenters. The van der Waals surface area contributed by atoms with Gasteiger partial charge in [0.15, 0.2) is 11.4 Å². The Hall–Kier alpha value is -2.08. The molecule has 0 saturated carbocycles. The van der Waals surface area contributed by atoms with Crippen molar-refractivity contribution < 1.29 is 8.81 Å². The van der Waals surface area contributed by atoms with Crippen molar-refractivity contribution in [2.45, 2.75) is 10.2 Å². The van der Waals surface area contributed by atoms with E-state index in [1.54, 1.807) is 18.2 Å². The third-order valence-corrected chi connectivity index (χ3v) is 3.14. The third-order valence-electron chi connectivity index (χ3n) is 2.30. The summed E-state index contributed by atoms with van der Waals surface area (Å²) in [6.45, 7) is 0. The van der Waals surface area contributed by atoms with E-state index in [0.29, 0.717) is 22.0 Å². The Labute approximate surface area is 106 Å². The highest BCUT2D eigenvalue weighted by Gasteiger charge is 2.11. The van der Waals surface area contributed by atoms with Crippen molar-refractivity contribution in [3.63, 3.8) is 0 Å². The number of pyridine rings is 1. The van der Waals surface area contributed by atoms with Crippen LogP contribution in [0.5, 0.6) is 0 Å². The Morgan fingerprint density at radius 1 is 1.28 bits per heavy atom. The minimum Gasteiger partial charge on any atom is -0.431 e. The summed E-state index contributed by atoms with van der Waals surface area (Å²) in [5.74, 6) is -0.399. The summed E-state index contributed by atoms with van der Waals surface area (Å²) >= 11 is 1.04. The predicted octanol–water partition coefficient (Wildman–Crippen LogP) is 3.10. The third kappa shape index (κ3) is 2.02. The van der Waals surface area contributed by atoms with Crippen LogP contribution < -0.4 is 5.73 Å². The quantitative estimate of drug-likeness (QED) is 0.718. The number of nitrogens with zero attached hydrogens (tertiary/aromatic N) is 2. The zero-order chi connectivity index (χ0) is 12.5. The van der Waals surface area contributed by atoms with Gasteiger partial charge in [0, 0.05) is 18.0 Å². The van der Waals surface area contributed by atoms with Crippen LogP contribution in [0.4, 0.5) is 10.1 Å². The maximum absolute atomic E-state index is 13.4. The molecule has 6 heteroatoms. The highest BCUT2D eigenvalue weighted by atomic mass is 32.2. The second-order valence-electron chi connectivity index (χ2n) is 3.60. The van der Waals surface area contributed by atoms with Crippen LogP contribution in [0.25, 0.3) is 11.1 Å². The molecular formula is C12H8FN3OS. The monoisotopic (exact) mass is 261 g/mol. The normalized spacial score (nSPS) is 10.9. The van der Waals surface area contributed by atoms with Crippen molar-refractivity contribution >= 4 is 28.5 Å².